The van der Waals surface area contributed by atoms with E-state index in [4.69, 9.17) is 9.15 Å². The van der Waals surface area contributed by atoms with Crippen LogP contribution in [0.1, 0.15) is 5.56 Å². The van der Waals surface area contributed by atoms with Gasteiger partial charge in [-0.15, -0.1) is 0 Å². The molecule has 5 nitrogen and oxygen atoms in total. The monoisotopic (exact) mass is 359 g/mol. The van der Waals surface area contributed by atoms with Gasteiger partial charge in [0.25, 0.3) is 0 Å². The van der Waals surface area contributed by atoms with Gasteiger partial charge in [0.1, 0.15) is 11.3 Å². The predicted molar refractivity (Wildman–Crippen MR) is 109 cm³/mol. The maximum Gasteiger partial charge on any atom is 0.137 e. The van der Waals surface area contributed by atoms with Gasteiger partial charge in [-0.3, -0.25) is 4.98 Å². The lowest BCUT2D eigenvalue weighted by Gasteiger charge is -2.09. The van der Waals surface area contributed by atoms with E-state index >= 15 is 0 Å². The van der Waals surface area contributed by atoms with Crippen LogP contribution in [-0.2, 0) is 6.42 Å². The number of anilines is 3. The Bertz CT molecular complexity index is 1010. The van der Waals surface area contributed by atoms with Gasteiger partial charge in [-0.1, -0.05) is 0 Å². The van der Waals surface area contributed by atoms with E-state index in [9.17, 15) is 0 Å². The number of nitrogens with one attached hydrogen (secondary N) is 2. The number of ether oxygens (including phenoxy) is 1. The first-order valence-electron chi connectivity index (χ1n) is 8.87. The van der Waals surface area contributed by atoms with E-state index in [2.05, 4.69) is 39.9 Å². The number of methoxy groups -OCH3 is 1. The summed E-state index contributed by atoms with van der Waals surface area (Å²) in [5, 5.41) is 7.94. The van der Waals surface area contributed by atoms with E-state index in [1.807, 2.05) is 36.6 Å². The molecular weight excluding hydrogens is 338 g/mol. The van der Waals surface area contributed by atoms with Gasteiger partial charge in [0.2, 0.25) is 0 Å². The van der Waals surface area contributed by atoms with Crippen molar-refractivity contribution in [1.82, 2.24) is 4.98 Å². The zero-order valence-corrected chi connectivity index (χ0v) is 15.1. The number of fused-ring (bicyclic) bond motifs is 1. The summed E-state index contributed by atoms with van der Waals surface area (Å²) in [7, 11) is 1.66. The molecular formula is C22H21N3O2. The Morgan fingerprint density at radius 1 is 0.926 bits per heavy atom. The zero-order chi connectivity index (χ0) is 18.5. The average molecular weight is 359 g/mol. The Morgan fingerprint density at radius 2 is 1.67 bits per heavy atom. The van der Waals surface area contributed by atoms with Crippen LogP contribution in [0.2, 0.25) is 0 Å². The number of hydrogen-bond donors (Lipinski definition) is 2. The molecule has 2 heterocycles. The van der Waals surface area contributed by atoms with Crippen LogP contribution < -0.4 is 15.4 Å². The minimum Gasteiger partial charge on any atom is -0.497 e. The topological polar surface area (TPSA) is 59.3 Å². The molecule has 0 saturated heterocycles. The molecule has 0 aliphatic heterocycles. The molecule has 0 aliphatic carbocycles. The Hall–Kier alpha value is -3.47. The largest absolute Gasteiger partial charge is 0.497 e. The minimum absolute atomic E-state index is 0.807. The summed E-state index contributed by atoms with van der Waals surface area (Å²) in [6.45, 7) is 0.831. The summed E-state index contributed by atoms with van der Waals surface area (Å²) in [6.07, 6.45) is 6.26. The first kappa shape index (κ1) is 17.0. The van der Waals surface area contributed by atoms with Crippen molar-refractivity contribution >= 4 is 28.0 Å². The predicted octanol–water partition coefficient (Wildman–Crippen LogP) is 5.23. The summed E-state index contributed by atoms with van der Waals surface area (Å²) >= 11 is 0. The van der Waals surface area contributed by atoms with Crippen molar-refractivity contribution in [2.24, 2.45) is 0 Å². The number of rotatable bonds is 7. The van der Waals surface area contributed by atoms with Crippen molar-refractivity contribution in [1.29, 1.82) is 0 Å². The maximum absolute atomic E-state index is 5.65. The van der Waals surface area contributed by atoms with Gasteiger partial charge < -0.3 is 19.8 Å². The highest BCUT2D eigenvalue weighted by atomic mass is 16.5. The summed E-state index contributed by atoms with van der Waals surface area (Å²) in [5.74, 6) is 0.807. The molecule has 0 amide bonds. The summed E-state index contributed by atoms with van der Waals surface area (Å²) in [4.78, 5) is 4.02. The number of benzene rings is 2. The highest BCUT2D eigenvalue weighted by molar-refractivity contribution is 5.82. The van der Waals surface area contributed by atoms with Crippen molar-refractivity contribution in [3.8, 4) is 5.75 Å². The molecule has 0 unspecified atom stereocenters. The number of pyridine rings is 1. The fourth-order valence-electron chi connectivity index (χ4n) is 3.00. The van der Waals surface area contributed by atoms with E-state index in [0.29, 0.717) is 0 Å². The van der Waals surface area contributed by atoms with E-state index in [1.165, 1.54) is 5.56 Å². The normalized spacial score (nSPS) is 10.7. The van der Waals surface area contributed by atoms with Crippen LogP contribution in [0.3, 0.4) is 0 Å². The van der Waals surface area contributed by atoms with Crippen LogP contribution in [0.5, 0.6) is 5.75 Å². The zero-order valence-electron chi connectivity index (χ0n) is 15.1. The van der Waals surface area contributed by atoms with Crippen molar-refractivity contribution in [3.05, 3.63) is 78.8 Å². The van der Waals surface area contributed by atoms with E-state index < -0.39 is 0 Å². The van der Waals surface area contributed by atoms with Gasteiger partial charge in [-0.05, 0) is 60.5 Å². The van der Waals surface area contributed by atoms with E-state index in [1.54, 1.807) is 19.5 Å². The quantitative estimate of drug-likeness (QED) is 0.473. The third kappa shape index (κ3) is 4.03. The van der Waals surface area contributed by atoms with Crippen LogP contribution >= 0.6 is 0 Å². The van der Waals surface area contributed by atoms with Gasteiger partial charge in [-0.2, -0.15) is 0 Å². The van der Waals surface area contributed by atoms with Gasteiger partial charge >= 0.3 is 0 Å². The summed E-state index contributed by atoms with van der Waals surface area (Å²) in [6, 6.07) is 18.1. The molecule has 2 aromatic carbocycles. The van der Waals surface area contributed by atoms with Crippen molar-refractivity contribution in [2.75, 3.05) is 24.3 Å². The highest BCUT2D eigenvalue weighted by Gasteiger charge is 2.07. The molecule has 2 aromatic heterocycles. The van der Waals surface area contributed by atoms with E-state index in [0.717, 1.165) is 46.7 Å². The summed E-state index contributed by atoms with van der Waals surface area (Å²) in [5.41, 5.74) is 5.20. The molecule has 4 rings (SSSR count). The maximum atomic E-state index is 5.65. The van der Waals surface area contributed by atoms with Gasteiger partial charge in [0, 0.05) is 47.5 Å². The van der Waals surface area contributed by atoms with Gasteiger partial charge in [-0.25, -0.2) is 0 Å². The van der Waals surface area contributed by atoms with Crippen LogP contribution in [0, 0.1) is 0 Å². The molecule has 0 bridgehead atoms. The van der Waals surface area contributed by atoms with Crippen molar-refractivity contribution in [3.63, 3.8) is 0 Å². The Labute approximate surface area is 158 Å². The van der Waals surface area contributed by atoms with Crippen molar-refractivity contribution < 1.29 is 9.15 Å². The molecule has 0 spiro atoms. The molecule has 5 heteroatoms. The number of nitrogens with zero attached hydrogens (tertiary/aromatic N) is 1. The third-order valence-corrected chi connectivity index (χ3v) is 4.44. The van der Waals surface area contributed by atoms with Crippen molar-refractivity contribution in [2.45, 2.75) is 6.42 Å². The van der Waals surface area contributed by atoms with Gasteiger partial charge in [0.15, 0.2) is 0 Å². The third-order valence-electron chi connectivity index (χ3n) is 4.44. The lowest BCUT2D eigenvalue weighted by atomic mass is 10.1. The minimum atomic E-state index is 0.807. The lowest BCUT2D eigenvalue weighted by Crippen LogP contribution is -2.04. The number of aromatic nitrogens is 1. The second-order valence-corrected chi connectivity index (χ2v) is 6.24. The summed E-state index contributed by atoms with van der Waals surface area (Å²) < 4.78 is 10.9. The molecule has 27 heavy (non-hydrogen) atoms. The van der Waals surface area contributed by atoms with Crippen LogP contribution in [0.4, 0.5) is 17.1 Å². The standard InChI is InChI=1S/C22H21N3O2/c1-26-20-6-7-21-16(15-27-22(21)14-20)8-13-24-17-2-4-18(5-3-17)25-19-9-11-23-12-10-19/h2-7,9-12,14-15,24H,8,13H2,1H3,(H,23,25). The number of furan rings is 1. The Balaban J connectivity index is 1.34. The molecule has 4 aromatic rings. The fourth-order valence-corrected chi connectivity index (χ4v) is 3.00. The van der Waals surface area contributed by atoms with Crippen LogP contribution in [0.25, 0.3) is 11.0 Å². The average Bonchev–Trinajstić information content (AvgIpc) is 3.12. The first-order valence-corrected chi connectivity index (χ1v) is 8.87. The van der Waals surface area contributed by atoms with Gasteiger partial charge in [0.05, 0.1) is 13.4 Å². The molecule has 0 atom stereocenters. The number of hydrogen-bond acceptors (Lipinski definition) is 5. The molecule has 0 fully saturated rings. The van der Waals surface area contributed by atoms with E-state index in [-0.39, 0.29) is 0 Å². The SMILES string of the molecule is COc1ccc2c(CCNc3ccc(Nc4ccncc4)cc3)coc2c1. The Kier molecular flexibility index (Phi) is 4.92. The molecule has 0 radical (unpaired) electrons. The fraction of sp³-hybridized carbons (Fsp3) is 0.136. The second kappa shape index (κ2) is 7.83. The smallest absolute Gasteiger partial charge is 0.137 e. The van der Waals surface area contributed by atoms with Crippen LogP contribution in [0.15, 0.2) is 77.7 Å². The van der Waals surface area contributed by atoms with Crippen LogP contribution in [-0.4, -0.2) is 18.6 Å². The molecule has 2 N–H and O–H groups in total. The Morgan fingerprint density at radius 3 is 2.44 bits per heavy atom. The molecule has 136 valence electrons. The molecule has 0 saturated carbocycles. The first-order chi connectivity index (χ1) is 13.3. The lowest BCUT2D eigenvalue weighted by molar-refractivity contribution is 0.414. The second-order valence-electron chi connectivity index (χ2n) is 6.24. The highest BCUT2D eigenvalue weighted by Crippen LogP contribution is 2.26. The molecule has 0 aliphatic rings.